The minimum absolute atomic E-state index is 0.385. The molecule has 0 spiro atoms. The number of nitrogens with zero attached hydrogens (tertiary/aromatic N) is 2. The number of carbonyl (C=O) groups is 1. The third-order valence-electron chi connectivity index (χ3n) is 3.92. The SMILES string of the molecule is O=Cc1c(-c2cc(Cl)c(OCc3ccccc3)cc2Cl)nc2sccn12. The molecule has 0 N–H and O–H groups in total. The minimum atomic E-state index is 0.385. The maximum Gasteiger partial charge on any atom is 0.194 e. The van der Waals surface area contributed by atoms with E-state index in [1.807, 2.05) is 35.7 Å². The summed E-state index contributed by atoms with van der Waals surface area (Å²) in [6, 6.07) is 13.1. The number of halogens is 2. The largest absolute Gasteiger partial charge is 0.487 e. The molecule has 0 radical (unpaired) electrons. The second-order valence-corrected chi connectivity index (χ2v) is 7.24. The van der Waals surface area contributed by atoms with E-state index in [0.29, 0.717) is 39.4 Å². The van der Waals surface area contributed by atoms with Crippen molar-refractivity contribution in [2.45, 2.75) is 6.61 Å². The summed E-state index contributed by atoms with van der Waals surface area (Å²) in [6.45, 7) is 0.385. The maximum absolute atomic E-state index is 11.5. The fourth-order valence-corrected chi connectivity index (χ4v) is 3.85. The van der Waals surface area contributed by atoms with Gasteiger partial charge in [0.2, 0.25) is 0 Å². The average molecular weight is 403 g/mol. The summed E-state index contributed by atoms with van der Waals surface area (Å²) in [5.74, 6) is 0.484. The fourth-order valence-electron chi connectivity index (χ4n) is 2.67. The lowest BCUT2D eigenvalue weighted by molar-refractivity contribution is 0.111. The first-order chi connectivity index (χ1) is 12.7. The van der Waals surface area contributed by atoms with Crippen molar-refractivity contribution in [3.63, 3.8) is 0 Å². The molecule has 0 atom stereocenters. The molecule has 4 aromatic rings. The van der Waals surface area contributed by atoms with E-state index in [0.717, 1.165) is 16.8 Å². The van der Waals surface area contributed by atoms with Crippen LogP contribution in [0.2, 0.25) is 10.0 Å². The predicted molar refractivity (Wildman–Crippen MR) is 105 cm³/mol. The van der Waals surface area contributed by atoms with Crippen molar-refractivity contribution in [3.05, 3.63) is 75.3 Å². The number of ether oxygens (including phenoxy) is 1. The van der Waals surface area contributed by atoms with Crippen LogP contribution >= 0.6 is 34.5 Å². The molecule has 0 aliphatic heterocycles. The van der Waals surface area contributed by atoms with Gasteiger partial charge in [0.1, 0.15) is 23.7 Å². The molecule has 0 fully saturated rings. The lowest BCUT2D eigenvalue weighted by Crippen LogP contribution is -1.97. The van der Waals surface area contributed by atoms with Gasteiger partial charge in [0.25, 0.3) is 0 Å². The second kappa shape index (κ2) is 7.11. The van der Waals surface area contributed by atoms with Crippen molar-refractivity contribution in [1.29, 1.82) is 0 Å². The van der Waals surface area contributed by atoms with Crippen LogP contribution in [-0.4, -0.2) is 15.7 Å². The molecule has 0 aliphatic rings. The Morgan fingerprint density at radius 1 is 1.15 bits per heavy atom. The molecule has 0 aliphatic carbocycles. The number of aldehydes is 1. The Hall–Kier alpha value is -2.34. The first kappa shape index (κ1) is 17.1. The number of carbonyl (C=O) groups excluding carboxylic acids is 1. The number of fused-ring (bicyclic) bond motifs is 1. The van der Waals surface area contributed by atoms with E-state index in [1.54, 1.807) is 22.7 Å². The highest BCUT2D eigenvalue weighted by atomic mass is 35.5. The van der Waals surface area contributed by atoms with E-state index in [1.165, 1.54) is 11.3 Å². The number of imidazole rings is 1. The van der Waals surface area contributed by atoms with E-state index in [-0.39, 0.29) is 0 Å². The van der Waals surface area contributed by atoms with Crippen molar-refractivity contribution in [3.8, 4) is 17.0 Å². The minimum Gasteiger partial charge on any atom is -0.487 e. The van der Waals surface area contributed by atoms with E-state index < -0.39 is 0 Å². The van der Waals surface area contributed by atoms with Crippen LogP contribution in [0.5, 0.6) is 5.75 Å². The third kappa shape index (κ3) is 3.09. The quantitative estimate of drug-likeness (QED) is 0.398. The number of hydrogen-bond donors (Lipinski definition) is 0. The summed E-state index contributed by atoms with van der Waals surface area (Å²) in [4.78, 5) is 16.8. The van der Waals surface area contributed by atoms with Crippen molar-refractivity contribution in [2.75, 3.05) is 0 Å². The smallest absolute Gasteiger partial charge is 0.194 e. The van der Waals surface area contributed by atoms with Crippen LogP contribution in [0.4, 0.5) is 0 Å². The lowest BCUT2D eigenvalue weighted by Gasteiger charge is -2.11. The number of aromatic nitrogens is 2. The maximum atomic E-state index is 11.5. The van der Waals surface area contributed by atoms with Crippen LogP contribution in [0.25, 0.3) is 16.2 Å². The number of thiazole rings is 1. The fraction of sp³-hybridized carbons (Fsp3) is 0.0526. The van der Waals surface area contributed by atoms with Crippen molar-refractivity contribution in [2.24, 2.45) is 0 Å². The van der Waals surface area contributed by atoms with E-state index in [2.05, 4.69) is 4.98 Å². The summed E-state index contributed by atoms with van der Waals surface area (Å²) in [7, 11) is 0. The Bertz CT molecular complexity index is 1090. The van der Waals surface area contributed by atoms with Gasteiger partial charge >= 0.3 is 0 Å². The monoisotopic (exact) mass is 402 g/mol. The Kier molecular flexibility index (Phi) is 4.68. The van der Waals surface area contributed by atoms with Crippen molar-refractivity contribution < 1.29 is 9.53 Å². The van der Waals surface area contributed by atoms with Crippen LogP contribution in [0.1, 0.15) is 16.1 Å². The van der Waals surface area contributed by atoms with Gasteiger partial charge in [-0.05, 0) is 11.6 Å². The summed E-state index contributed by atoms with van der Waals surface area (Å²) in [6.07, 6.45) is 2.57. The summed E-state index contributed by atoms with van der Waals surface area (Å²) < 4.78 is 7.52. The van der Waals surface area contributed by atoms with Gasteiger partial charge in [-0.3, -0.25) is 9.20 Å². The summed E-state index contributed by atoms with van der Waals surface area (Å²) in [5, 5.41) is 2.70. The predicted octanol–water partition coefficient (Wildman–Crippen LogP) is 5.76. The van der Waals surface area contributed by atoms with E-state index in [4.69, 9.17) is 27.9 Å². The highest BCUT2D eigenvalue weighted by Gasteiger charge is 2.19. The summed E-state index contributed by atoms with van der Waals surface area (Å²) >= 11 is 14.3. The Balaban J connectivity index is 1.69. The first-order valence-electron chi connectivity index (χ1n) is 7.74. The normalized spacial score (nSPS) is 11.0. The number of benzene rings is 2. The molecule has 0 bridgehead atoms. The molecular weight excluding hydrogens is 391 g/mol. The zero-order valence-corrected chi connectivity index (χ0v) is 15.7. The van der Waals surface area contributed by atoms with Gasteiger partial charge in [0.15, 0.2) is 11.2 Å². The van der Waals surface area contributed by atoms with Crippen molar-refractivity contribution >= 4 is 45.8 Å². The topological polar surface area (TPSA) is 43.6 Å². The van der Waals surface area contributed by atoms with Gasteiger partial charge in [0.05, 0.1) is 10.0 Å². The highest BCUT2D eigenvalue weighted by molar-refractivity contribution is 7.15. The molecule has 0 unspecified atom stereocenters. The molecule has 4 nitrogen and oxygen atoms in total. The standard InChI is InChI=1S/C19H12Cl2N2O2S/c20-14-9-17(25-11-12-4-2-1-3-5-12)15(21)8-13(14)18-16(10-24)23-6-7-26-19(23)22-18/h1-10H,11H2. The highest BCUT2D eigenvalue weighted by Crippen LogP contribution is 2.38. The molecule has 26 heavy (non-hydrogen) atoms. The van der Waals surface area contributed by atoms with Crippen LogP contribution in [0.3, 0.4) is 0 Å². The lowest BCUT2D eigenvalue weighted by atomic mass is 10.1. The van der Waals surface area contributed by atoms with Gasteiger partial charge in [-0.15, -0.1) is 11.3 Å². The van der Waals surface area contributed by atoms with Gasteiger partial charge in [-0.1, -0.05) is 53.5 Å². The van der Waals surface area contributed by atoms with Gasteiger partial charge < -0.3 is 4.74 Å². The van der Waals surface area contributed by atoms with Gasteiger partial charge in [-0.2, -0.15) is 0 Å². The molecule has 0 saturated heterocycles. The van der Waals surface area contributed by atoms with Crippen LogP contribution in [-0.2, 0) is 6.61 Å². The molecule has 2 aromatic carbocycles. The van der Waals surface area contributed by atoms with Gasteiger partial charge in [0, 0.05) is 23.2 Å². The molecule has 2 heterocycles. The van der Waals surface area contributed by atoms with Crippen LogP contribution < -0.4 is 4.74 Å². The molecule has 0 amide bonds. The molecule has 130 valence electrons. The van der Waals surface area contributed by atoms with Crippen LogP contribution in [0.15, 0.2) is 54.0 Å². The van der Waals surface area contributed by atoms with Crippen molar-refractivity contribution in [1.82, 2.24) is 9.38 Å². The summed E-state index contributed by atoms with van der Waals surface area (Å²) in [5.41, 5.74) is 2.58. The molecule has 2 aromatic heterocycles. The molecule has 7 heteroatoms. The second-order valence-electron chi connectivity index (χ2n) is 5.56. The van der Waals surface area contributed by atoms with E-state index in [9.17, 15) is 4.79 Å². The van der Waals surface area contributed by atoms with Gasteiger partial charge in [-0.25, -0.2) is 4.98 Å². The zero-order chi connectivity index (χ0) is 18.1. The number of hydrogen-bond acceptors (Lipinski definition) is 4. The molecular formula is C19H12Cl2N2O2S. The van der Waals surface area contributed by atoms with Crippen LogP contribution in [0, 0.1) is 0 Å². The zero-order valence-electron chi connectivity index (χ0n) is 13.4. The Labute approximate surface area is 163 Å². The van der Waals surface area contributed by atoms with E-state index >= 15 is 0 Å². The first-order valence-corrected chi connectivity index (χ1v) is 9.38. The Morgan fingerprint density at radius 3 is 2.73 bits per heavy atom. The Morgan fingerprint density at radius 2 is 1.96 bits per heavy atom. The number of rotatable bonds is 5. The average Bonchev–Trinajstić information content (AvgIpc) is 3.23. The molecule has 4 rings (SSSR count). The third-order valence-corrected chi connectivity index (χ3v) is 5.29. The molecule has 0 saturated carbocycles.